The molecule has 0 aliphatic rings. The number of nitrogens with zero attached hydrogens (tertiary/aromatic N) is 1. The van der Waals surface area contributed by atoms with Crippen LogP contribution in [0.4, 0.5) is 0 Å². The summed E-state index contributed by atoms with van der Waals surface area (Å²) >= 11 is 0. The van der Waals surface area contributed by atoms with Crippen molar-refractivity contribution in [2.75, 3.05) is 13.2 Å². The van der Waals surface area contributed by atoms with Crippen LogP contribution >= 0.6 is 0 Å². The predicted molar refractivity (Wildman–Crippen MR) is 69.6 cm³/mol. The van der Waals surface area contributed by atoms with Gasteiger partial charge < -0.3 is 14.7 Å². The van der Waals surface area contributed by atoms with Crippen molar-refractivity contribution < 1.29 is 24.2 Å². The molecule has 0 saturated heterocycles. The Hall–Kier alpha value is -1.59. The summed E-state index contributed by atoms with van der Waals surface area (Å²) in [6.07, 6.45) is 0.617. The van der Waals surface area contributed by atoms with Gasteiger partial charge in [0.1, 0.15) is 0 Å². The number of hydrogen-bond donors (Lipinski definition) is 1. The van der Waals surface area contributed by atoms with Gasteiger partial charge in [-0.3, -0.25) is 14.4 Å². The minimum Gasteiger partial charge on any atom is -0.481 e. The Labute approximate surface area is 113 Å². The van der Waals surface area contributed by atoms with E-state index < -0.39 is 5.97 Å². The molecule has 0 spiro atoms. The van der Waals surface area contributed by atoms with Crippen molar-refractivity contribution in [2.45, 2.75) is 52.5 Å². The molecule has 19 heavy (non-hydrogen) atoms. The molecule has 0 radical (unpaired) electrons. The van der Waals surface area contributed by atoms with Crippen molar-refractivity contribution in [2.24, 2.45) is 0 Å². The maximum absolute atomic E-state index is 11.9. The molecule has 1 N–H and O–H groups in total. The number of aliphatic carboxylic acids is 1. The Morgan fingerprint density at radius 3 is 2.26 bits per heavy atom. The van der Waals surface area contributed by atoms with Crippen LogP contribution < -0.4 is 0 Å². The van der Waals surface area contributed by atoms with Crippen LogP contribution in [0.25, 0.3) is 0 Å². The highest BCUT2D eigenvalue weighted by Crippen LogP contribution is 2.07. The number of carbonyl (C=O) groups excluding carboxylic acids is 2. The summed E-state index contributed by atoms with van der Waals surface area (Å²) < 4.78 is 4.76. The van der Waals surface area contributed by atoms with E-state index >= 15 is 0 Å². The fraction of sp³-hybridized carbons (Fsp3) is 0.769. The molecule has 0 saturated carbocycles. The highest BCUT2D eigenvalue weighted by molar-refractivity contribution is 5.81. The lowest BCUT2D eigenvalue weighted by Crippen LogP contribution is -2.38. The Kier molecular flexibility index (Phi) is 8.57. The lowest BCUT2D eigenvalue weighted by molar-refractivity contribution is -0.146. The molecule has 0 bridgehead atoms. The van der Waals surface area contributed by atoms with E-state index in [-0.39, 0.29) is 37.2 Å². The summed E-state index contributed by atoms with van der Waals surface area (Å²) in [5.41, 5.74) is 0. The summed E-state index contributed by atoms with van der Waals surface area (Å²) in [6, 6.07) is -0.0107. The minimum absolute atomic E-state index is 0.0107. The summed E-state index contributed by atoms with van der Waals surface area (Å²) in [5, 5.41) is 8.57. The lowest BCUT2D eigenvalue weighted by Gasteiger charge is -2.26. The van der Waals surface area contributed by atoms with Gasteiger partial charge >= 0.3 is 11.9 Å². The molecular weight excluding hydrogens is 250 g/mol. The number of esters is 1. The van der Waals surface area contributed by atoms with Crippen LogP contribution in [0, 0.1) is 0 Å². The second-order valence-electron chi connectivity index (χ2n) is 4.48. The van der Waals surface area contributed by atoms with Crippen LogP contribution in [0.3, 0.4) is 0 Å². The Bertz CT molecular complexity index is 314. The van der Waals surface area contributed by atoms with Gasteiger partial charge in [-0.05, 0) is 27.2 Å². The second kappa shape index (κ2) is 9.35. The number of carboxylic acid groups (broad SMARTS) is 1. The maximum atomic E-state index is 11.9. The third kappa shape index (κ3) is 8.18. The first-order valence-electron chi connectivity index (χ1n) is 6.55. The zero-order chi connectivity index (χ0) is 14.8. The van der Waals surface area contributed by atoms with Gasteiger partial charge in [-0.25, -0.2) is 0 Å². The molecule has 0 aromatic carbocycles. The quantitative estimate of drug-likeness (QED) is 0.642. The third-order valence-electron chi connectivity index (χ3n) is 2.58. The van der Waals surface area contributed by atoms with Gasteiger partial charge in [0.2, 0.25) is 5.91 Å². The van der Waals surface area contributed by atoms with Gasteiger partial charge in [0.15, 0.2) is 0 Å². The molecule has 0 unspecified atom stereocenters. The topological polar surface area (TPSA) is 83.9 Å². The zero-order valence-electron chi connectivity index (χ0n) is 11.8. The Morgan fingerprint density at radius 1 is 1.16 bits per heavy atom. The second-order valence-corrected chi connectivity index (χ2v) is 4.48. The van der Waals surface area contributed by atoms with Crippen molar-refractivity contribution in [1.29, 1.82) is 0 Å². The standard InChI is InChI=1S/C13H23NO5/c1-4-19-13(18)8-7-11(15)14(10(2)3)9-5-6-12(16)17/h10H,4-9H2,1-3H3,(H,16,17). The van der Waals surface area contributed by atoms with Gasteiger partial charge in [0.25, 0.3) is 0 Å². The average molecular weight is 273 g/mol. The number of hydrogen-bond acceptors (Lipinski definition) is 4. The van der Waals surface area contributed by atoms with Gasteiger partial charge in [-0.1, -0.05) is 0 Å². The van der Waals surface area contributed by atoms with Crippen LogP contribution in [0.5, 0.6) is 0 Å². The molecule has 0 aromatic rings. The van der Waals surface area contributed by atoms with Crippen LogP contribution in [0.1, 0.15) is 46.5 Å². The number of carbonyl (C=O) groups is 3. The van der Waals surface area contributed by atoms with Gasteiger partial charge in [0.05, 0.1) is 13.0 Å². The SMILES string of the molecule is CCOC(=O)CCC(=O)N(CCCC(=O)O)C(C)C. The largest absolute Gasteiger partial charge is 0.481 e. The summed E-state index contributed by atoms with van der Waals surface area (Å²) in [4.78, 5) is 35.2. The molecule has 0 rings (SSSR count). The van der Waals surface area contributed by atoms with E-state index in [1.165, 1.54) is 0 Å². The van der Waals surface area contributed by atoms with Crippen LogP contribution in [0.15, 0.2) is 0 Å². The first-order chi connectivity index (χ1) is 8.88. The van der Waals surface area contributed by atoms with Gasteiger partial charge in [-0.2, -0.15) is 0 Å². The number of ether oxygens (including phenoxy) is 1. The number of carboxylic acids is 1. The molecule has 0 fully saturated rings. The summed E-state index contributed by atoms with van der Waals surface area (Å²) in [5.74, 6) is -1.40. The molecule has 1 amide bonds. The molecule has 6 heteroatoms. The normalized spacial score (nSPS) is 10.3. The molecule has 0 atom stereocenters. The third-order valence-corrected chi connectivity index (χ3v) is 2.58. The highest BCUT2D eigenvalue weighted by atomic mass is 16.5. The van der Waals surface area contributed by atoms with Crippen LogP contribution in [-0.2, 0) is 19.1 Å². The zero-order valence-corrected chi connectivity index (χ0v) is 11.8. The van der Waals surface area contributed by atoms with Crippen molar-refractivity contribution >= 4 is 17.8 Å². The van der Waals surface area contributed by atoms with E-state index in [2.05, 4.69) is 0 Å². The van der Waals surface area contributed by atoms with Gasteiger partial charge in [0, 0.05) is 25.4 Å². The van der Waals surface area contributed by atoms with E-state index in [0.29, 0.717) is 19.6 Å². The van der Waals surface area contributed by atoms with E-state index in [9.17, 15) is 14.4 Å². The molecular formula is C13H23NO5. The smallest absolute Gasteiger partial charge is 0.306 e. The highest BCUT2D eigenvalue weighted by Gasteiger charge is 2.18. The number of rotatable bonds is 9. The first kappa shape index (κ1) is 17.4. The average Bonchev–Trinajstić information content (AvgIpc) is 2.31. The number of amides is 1. The van der Waals surface area contributed by atoms with E-state index in [1.807, 2.05) is 13.8 Å². The van der Waals surface area contributed by atoms with Crippen LogP contribution in [0.2, 0.25) is 0 Å². The molecule has 0 aliphatic heterocycles. The summed E-state index contributed by atoms with van der Waals surface area (Å²) in [7, 11) is 0. The van der Waals surface area contributed by atoms with Crippen molar-refractivity contribution in [1.82, 2.24) is 4.90 Å². The van der Waals surface area contributed by atoms with Crippen molar-refractivity contribution in [3.05, 3.63) is 0 Å². The van der Waals surface area contributed by atoms with Crippen LogP contribution in [-0.4, -0.2) is 47.0 Å². The van der Waals surface area contributed by atoms with Crippen molar-refractivity contribution in [3.8, 4) is 0 Å². The van der Waals surface area contributed by atoms with E-state index in [1.54, 1.807) is 11.8 Å². The Morgan fingerprint density at radius 2 is 1.79 bits per heavy atom. The van der Waals surface area contributed by atoms with Gasteiger partial charge in [-0.15, -0.1) is 0 Å². The van der Waals surface area contributed by atoms with Crippen molar-refractivity contribution in [3.63, 3.8) is 0 Å². The maximum Gasteiger partial charge on any atom is 0.306 e. The molecule has 110 valence electrons. The summed E-state index contributed by atoms with van der Waals surface area (Å²) in [6.45, 7) is 6.14. The molecule has 0 aliphatic carbocycles. The predicted octanol–water partition coefficient (Wildman–Crippen LogP) is 1.43. The molecule has 0 aromatic heterocycles. The lowest BCUT2D eigenvalue weighted by atomic mass is 10.2. The first-order valence-corrected chi connectivity index (χ1v) is 6.55. The van der Waals surface area contributed by atoms with E-state index in [4.69, 9.17) is 9.84 Å². The van der Waals surface area contributed by atoms with E-state index in [0.717, 1.165) is 0 Å². The fourth-order valence-corrected chi connectivity index (χ4v) is 1.66. The molecule has 6 nitrogen and oxygen atoms in total. The molecule has 0 heterocycles. The monoisotopic (exact) mass is 273 g/mol. The Balaban J connectivity index is 4.18. The fourth-order valence-electron chi connectivity index (χ4n) is 1.66. The minimum atomic E-state index is -0.873.